The van der Waals surface area contributed by atoms with E-state index in [9.17, 15) is 9.90 Å². The highest BCUT2D eigenvalue weighted by Gasteiger charge is 2.35. The van der Waals surface area contributed by atoms with Crippen LogP contribution >= 0.6 is 12.4 Å². The van der Waals surface area contributed by atoms with Crippen molar-refractivity contribution in [1.82, 2.24) is 4.90 Å². The number of aliphatic hydroxyl groups is 1. The standard InChI is InChI=1S/C21H31NO3.ClH/c1-3-22(4-2)15-16-25-21(24)19(17-11-7-5-8-12-17)20(23)18-13-9-6-10-14-18;/h5-9,11-12,18-20,23H,3-4,10,13-16H2,1-2H3;1H. The van der Waals surface area contributed by atoms with Crippen molar-refractivity contribution in [1.29, 1.82) is 0 Å². The van der Waals surface area contributed by atoms with Gasteiger partial charge in [0, 0.05) is 6.54 Å². The Morgan fingerprint density at radius 1 is 1.23 bits per heavy atom. The number of esters is 1. The fourth-order valence-electron chi connectivity index (χ4n) is 3.44. The first-order chi connectivity index (χ1) is 12.2. The monoisotopic (exact) mass is 381 g/mol. The summed E-state index contributed by atoms with van der Waals surface area (Å²) in [7, 11) is 0. The molecular formula is C21H32ClNO3. The summed E-state index contributed by atoms with van der Waals surface area (Å²) in [5, 5.41) is 10.9. The van der Waals surface area contributed by atoms with Gasteiger partial charge in [-0.1, -0.05) is 56.3 Å². The quantitative estimate of drug-likeness (QED) is 0.522. The molecule has 3 unspecified atom stereocenters. The van der Waals surface area contributed by atoms with E-state index in [1.807, 2.05) is 30.3 Å². The molecule has 0 saturated carbocycles. The van der Waals surface area contributed by atoms with E-state index in [1.165, 1.54) is 0 Å². The van der Waals surface area contributed by atoms with Crippen molar-refractivity contribution in [2.75, 3.05) is 26.2 Å². The van der Waals surface area contributed by atoms with Crippen LogP contribution in [-0.2, 0) is 9.53 Å². The lowest BCUT2D eigenvalue weighted by atomic mass is 9.80. The average Bonchev–Trinajstić information content (AvgIpc) is 2.67. The van der Waals surface area contributed by atoms with E-state index in [0.29, 0.717) is 6.61 Å². The third-order valence-corrected chi connectivity index (χ3v) is 5.09. The first-order valence-electron chi connectivity index (χ1n) is 9.44. The van der Waals surface area contributed by atoms with Gasteiger partial charge in [-0.15, -0.1) is 12.4 Å². The summed E-state index contributed by atoms with van der Waals surface area (Å²) in [6, 6.07) is 9.52. The lowest BCUT2D eigenvalue weighted by molar-refractivity contribution is -0.150. The van der Waals surface area contributed by atoms with E-state index in [2.05, 4.69) is 30.9 Å². The van der Waals surface area contributed by atoms with Crippen molar-refractivity contribution >= 4 is 18.4 Å². The number of carbonyl (C=O) groups excluding carboxylic acids is 1. The molecule has 0 fully saturated rings. The van der Waals surface area contributed by atoms with Crippen LogP contribution in [0, 0.1) is 5.92 Å². The lowest BCUT2D eigenvalue weighted by Gasteiger charge is -2.30. The molecular weight excluding hydrogens is 350 g/mol. The molecule has 0 spiro atoms. The van der Waals surface area contributed by atoms with Crippen LogP contribution in [0.1, 0.15) is 44.6 Å². The topological polar surface area (TPSA) is 49.8 Å². The van der Waals surface area contributed by atoms with Gasteiger partial charge in [0.2, 0.25) is 0 Å². The maximum absolute atomic E-state index is 12.8. The molecule has 0 amide bonds. The largest absolute Gasteiger partial charge is 0.464 e. The molecule has 1 N–H and O–H groups in total. The fourth-order valence-corrected chi connectivity index (χ4v) is 3.44. The van der Waals surface area contributed by atoms with Crippen LogP contribution in [0.4, 0.5) is 0 Å². The van der Waals surface area contributed by atoms with Gasteiger partial charge < -0.3 is 14.7 Å². The van der Waals surface area contributed by atoms with Gasteiger partial charge in [-0.3, -0.25) is 4.79 Å². The molecule has 0 heterocycles. The third kappa shape index (κ3) is 6.42. The molecule has 1 aliphatic rings. The molecule has 0 saturated heterocycles. The van der Waals surface area contributed by atoms with E-state index < -0.39 is 12.0 Å². The van der Waals surface area contributed by atoms with Crippen LogP contribution in [-0.4, -0.2) is 48.3 Å². The van der Waals surface area contributed by atoms with E-state index in [4.69, 9.17) is 4.74 Å². The van der Waals surface area contributed by atoms with Crippen molar-refractivity contribution in [3.8, 4) is 0 Å². The van der Waals surface area contributed by atoms with E-state index in [-0.39, 0.29) is 24.3 Å². The zero-order valence-corrected chi connectivity index (χ0v) is 16.7. The van der Waals surface area contributed by atoms with Gasteiger partial charge in [0.25, 0.3) is 0 Å². The third-order valence-electron chi connectivity index (χ3n) is 5.09. The second-order valence-corrected chi connectivity index (χ2v) is 6.62. The number of allylic oxidation sites excluding steroid dienone is 2. The molecule has 2 rings (SSSR count). The predicted octanol–water partition coefficient (Wildman–Crippen LogP) is 3.79. The van der Waals surface area contributed by atoms with Crippen molar-refractivity contribution in [2.45, 2.75) is 45.1 Å². The molecule has 0 aromatic heterocycles. The van der Waals surface area contributed by atoms with Gasteiger partial charge in [-0.2, -0.15) is 0 Å². The van der Waals surface area contributed by atoms with E-state index >= 15 is 0 Å². The number of carbonyl (C=O) groups is 1. The zero-order valence-electron chi connectivity index (χ0n) is 15.8. The minimum atomic E-state index is -0.715. The van der Waals surface area contributed by atoms with Crippen molar-refractivity contribution in [3.05, 3.63) is 48.0 Å². The number of hydrogen-bond acceptors (Lipinski definition) is 4. The van der Waals surface area contributed by atoms with Crippen molar-refractivity contribution < 1.29 is 14.6 Å². The molecule has 1 aliphatic carbocycles. The summed E-state index contributed by atoms with van der Waals surface area (Å²) in [5.41, 5.74) is 0.831. The number of aliphatic hydroxyl groups excluding tert-OH is 1. The summed E-state index contributed by atoms with van der Waals surface area (Å²) in [6.45, 7) is 7.15. The highest BCUT2D eigenvalue weighted by Crippen LogP contribution is 2.32. The molecule has 0 aliphatic heterocycles. The Labute approximate surface area is 163 Å². The molecule has 4 nitrogen and oxygen atoms in total. The molecule has 26 heavy (non-hydrogen) atoms. The maximum atomic E-state index is 12.8. The van der Waals surface area contributed by atoms with E-state index in [0.717, 1.165) is 44.5 Å². The molecule has 3 atom stereocenters. The van der Waals surface area contributed by atoms with Gasteiger partial charge in [-0.25, -0.2) is 0 Å². The first-order valence-corrected chi connectivity index (χ1v) is 9.44. The van der Waals surface area contributed by atoms with Gasteiger partial charge in [0.1, 0.15) is 12.5 Å². The van der Waals surface area contributed by atoms with E-state index in [1.54, 1.807) is 0 Å². The van der Waals surface area contributed by atoms with Crippen molar-refractivity contribution in [3.63, 3.8) is 0 Å². The second-order valence-electron chi connectivity index (χ2n) is 6.62. The number of likely N-dealkylation sites (N-methyl/N-ethyl adjacent to an activating group) is 1. The molecule has 5 heteroatoms. The Bertz CT molecular complexity index is 545. The van der Waals surface area contributed by atoms with Crippen LogP contribution in [0.5, 0.6) is 0 Å². The Morgan fingerprint density at radius 3 is 2.50 bits per heavy atom. The fraction of sp³-hybridized carbons (Fsp3) is 0.571. The lowest BCUT2D eigenvalue weighted by Crippen LogP contribution is -2.35. The van der Waals surface area contributed by atoms with Gasteiger partial charge in [0.05, 0.1) is 6.10 Å². The number of ether oxygens (including phenoxy) is 1. The smallest absolute Gasteiger partial charge is 0.316 e. The first kappa shape index (κ1) is 22.7. The molecule has 1 aromatic carbocycles. The number of nitrogens with zero attached hydrogens (tertiary/aromatic N) is 1. The highest BCUT2D eigenvalue weighted by atomic mass is 35.5. The minimum Gasteiger partial charge on any atom is -0.464 e. The second kappa shape index (κ2) is 12.1. The Kier molecular flexibility index (Phi) is 10.6. The predicted molar refractivity (Wildman–Crippen MR) is 108 cm³/mol. The zero-order chi connectivity index (χ0) is 18.1. The van der Waals surface area contributed by atoms with Crippen LogP contribution in [0.15, 0.2) is 42.5 Å². The Hall–Kier alpha value is -1.36. The highest BCUT2D eigenvalue weighted by molar-refractivity contribution is 5.85. The molecule has 1 aromatic rings. The summed E-state index contributed by atoms with van der Waals surface area (Å²) < 4.78 is 5.55. The number of hydrogen-bond donors (Lipinski definition) is 1. The Morgan fingerprint density at radius 2 is 1.92 bits per heavy atom. The average molecular weight is 382 g/mol. The summed E-state index contributed by atoms with van der Waals surface area (Å²) in [6.07, 6.45) is 6.22. The van der Waals surface area contributed by atoms with Crippen LogP contribution < -0.4 is 0 Å². The van der Waals surface area contributed by atoms with Gasteiger partial charge in [0.15, 0.2) is 0 Å². The number of benzene rings is 1. The molecule has 146 valence electrons. The molecule has 0 radical (unpaired) electrons. The van der Waals surface area contributed by atoms with Gasteiger partial charge in [-0.05, 0) is 43.8 Å². The number of halogens is 1. The van der Waals surface area contributed by atoms with Crippen molar-refractivity contribution in [2.24, 2.45) is 5.92 Å². The molecule has 0 bridgehead atoms. The van der Waals surface area contributed by atoms with Crippen LogP contribution in [0.2, 0.25) is 0 Å². The van der Waals surface area contributed by atoms with Gasteiger partial charge >= 0.3 is 5.97 Å². The summed E-state index contributed by atoms with van der Waals surface area (Å²) >= 11 is 0. The normalized spacial score (nSPS) is 18.8. The minimum absolute atomic E-state index is 0. The van der Waals surface area contributed by atoms with Crippen LogP contribution in [0.3, 0.4) is 0 Å². The summed E-state index contributed by atoms with van der Waals surface area (Å²) in [5.74, 6) is -0.833. The number of rotatable bonds is 9. The maximum Gasteiger partial charge on any atom is 0.316 e. The SMILES string of the molecule is CCN(CC)CCOC(=O)C(c1ccccc1)C(O)C1CC=CCC1.Cl. The van der Waals surface area contributed by atoms with Crippen LogP contribution in [0.25, 0.3) is 0 Å². The summed E-state index contributed by atoms with van der Waals surface area (Å²) in [4.78, 5) is 15.0. The Balaban J connectivity index is 0.00000338.